The fraction of sp³-hybridized carbons (Fsp3) is 0.200. The van der Waals surface area contributed by atoms with Gasteiger partial charge < -0.3 is 4.90 Å². The Kier molecular flexibility index (Phi) is 4.98. The molecular weight excluding hydrogens is 392 g/mol. The summed E-state index contributed by atoms with van der Waals surface area (Å²) in [4.78, 5) is 27.2. The van der Waals surface area contributed by atoms with Crippen LogP contribution in [0.4, 0.5) is 0 Å². The molecule has 0 N–H and O–H groups in total. The number of hydrogen-bond donors (Lipinski definition) is 0. The molecule has 29 heavy (non-hydrogen) atoms. The molecule has 1 aromatic heterocycles. The van der Waals surface area contributed by atoms with Gasteiger partial charge in [-0.15, -0.1) is 5.10 Å². The van der Waals surface area contributed by atoms with E-state index in [4.69, 9.17) is 0 Å². The van der Waals surface area contributed by atoms with Crippen molar-refractivity contribution in [3.05, 3.63) is 82.0 Å². The molecule has 0 saturated carbocycles. The van der Waals surface area contributed by atoms with Crippen LogP contribution in [0.5, 0.6) is 0 Å². The highest BCUT2D eigenvalue weighted by Gasteiger charge is 2.30. The van der Waals surface area contributed by atoms with Crippen LogP contribution in [0.3, 0.4) is 0 Å². The summed E-state index contributed by atoms with van der Waals surface area (Å²) in [5.41, 5.74) is 0.890. The number of nitrogens with zero attached hydrogens (tertiary/aromatic N) is 4. The molecule has 3 aromatic rings. The van der Waals surface area contributed by atoms with Crippen molar-refractivity contribution in [1.29, 1.82) is 0 Å². The second-order valence-corrected chi connectivity index (χ2v) is 8.73. The Hall–Kier alpha value is -3.33. The van der Waals surface area contributed by atoms with Gasteiger partial charge in [-0.05, 0) is 23.8 Å². The summed E-state index contributed by atoms with van der Waals surface area (Å²) < 4.78 is 24.8. The lowest BCUT2D eigenvalue weighted by molar-refractivity contribution is -0.133. The summed E-state index contributed by atoms with van der Waals surface area (Å²) in [6.07, 6.45) is 1.50. The third-order valence-electron chi connectivity index (χ3n) is 4.74. The first-order chi connectivity index (χ1) is 13.9. The number of benzene rings is 2. The van der Waals surface area contributed by atoms with Gasteiger partial charge in [0, 0.05) is 12.0 Å². The van der Waals surface area contributed by atoms with Crippen molar-refractivity contribution in [2.24, 2.45) is 0 Å². The molecule has 1 aliphatic rings. The zero-order valence-corrected chi connectivity index (χ0v) is 16.2. The number of aromatic nitrogens is 3. The fourth-order valence-electron chi connectivity index (χ4n) is 3.27. The molecule has 0 saturated heterocycles. The van der Waals surface area contributed by atoms with E-state index in [1.807, 2.05) is 30.3 Å². The van der Waals surface area contributed by atoms with E-state index >= 15 is 0 Å². The molecule has 148 valence electrons. The zero-order valence-electron chi connectivity index (χ0n) is 15.4. The molecule has 0 unspecified atom stereocenters. The molecule has 2 aromatic carbocycles. The van der Waals surface area contributed by atoms with E-state index in [1.165, 1.54) is 11.0 Å². The lowest BCUT2D eigenvalue weighted by Gasteiger charge is -2.27. The smallest absolute Gasteiger partial charge is 0.278 e. The molecule has 0 aliphatic carbocycles. The van der Waals surface area contributed by atoms with Gasteiger partial charge in [-0.3, -0.25) is 9.59 Å². The third-order valence-corrected chi connectivity index (χ3v) is 6.12. The molecule has 0 radical (unpaired) electrons. The minimum atomic E-state index is -3.35. The van der Waals surface area contributed by atoms with E-state index in [0.717, 1.165) is 15.7 Å². The molecule has 8 nitrogen and oxygen atoms in total. The lowest BCUT2D eigenvalue weighted by Crippen LogP contribution is -2.43. The number of hydrogen-bond acceptors (Lipinski definition) is 6. The average Bonchev–Trinajstić information content (AvgIpc) is 3.08. The monoisotopic (exact) mass is 410 g/mol. The Bertz CT molecular complexity index is 1250. The minimum absolute atomic E-state index is 0.177. The third kappa shape index (κ3) is 4.09. The van der Waals surface area contributed by atoms with Crippen LogP contribution in [0.15, 0.2) is 70.9 Å². The standard InChI is InChI=1S/C20H18N4O4S/c25-19(13-24-20(26)17-8-4-5-9-18(17)21-22-24)23(12-15-6-2-1-3-7-15)16-10-11-29(27,28)14-16/h1-11,16H,12-14H2/t16-/m1/s1. The van der Waals surface area contributed by atoms with Gasteiger partial charge in [0.25, 0.3) is 5.56 Å². The highest BCUT2D eigenvalue weighted by molar-refractivity contribution is 7.94. The van der Waals surface area contributed by atoms with Crippen LogP contribution in [0.25, 0.3) is 10.9 Å². The quantitative estimate of drug-likeness (QED) is 0.625. The molecule has 1 aliphatic heterocycles. The van der Waals surface area contributed by atoms with E-state index in [0.29, 0.717) is 10.9 Å². The summed E-state index contributed by atoms with van der Waals surface area (Å²) in [6.45, 7) is -0.103. The molecule has 1 atom stereocenters. The number of rotatable bonds is 5. The second kappa shape index (κ2) is 7.59. The predicted molar refractivity (Wildman–Crippen MR) is 108 cm³/mol. The van der Waals surface area contributed by atoms with Gasteiger partial charge in [-0.25, -0.2) is 13.1 Å². The maximum absolute atomic E-state index is 13.1. The minimum Gasteiger partial charge on any atom is -0.329 e. The van der Waals surface area contributed by atoms with E-state index in [-0.39, 0.29) is 18.8 Å². The second-order valence-electron chi connectivity index (χ2n) is 6.80. The highest BCUT2D eigenvalue weighted by atomic mass is 32.2. The summed E-state index contributed by atoms with van der Waals surface area (Å²) in [5.74, 6) is -0.587. The topological polar surface area (TPSA) is 102 Å². The van der Waals surface area contributed by atoms with Crippen LogP contribution in [0.1, 0.15) is 5.56 Å². The van der Waals surface area contributed by atoms with E-state index in [2.05, 4.69) is 10.3 Å². The van der Waals surface area contributed by atoms with Gasteiger partial charge in [0.15, 0.2) is 9.84 Å². The van der Waals surface area contributed by atoms with Gasteiger partial charge >= 0.3 is 0 Å². The molecule has 0 spiro atoms. The van der Waals surface area contributed by atoms with Crippen molar-refractivity contribution >= 4 is 26.6 Å². The van der Waals surface area contributed by atoms with Gasteiger partial charge in [-0.2, -0.15) is 0 Å². The van der Waals surface area contributed by atoms with Crippen LogP contribution >= 0.6 is 0 Å². The maximum Gasteiger partial charge on any atom is 0.278 e. The molecule has 0 bridgehead atoms. The summed E-state index contributed by atoms with van der Waals surface area (Å²) in [6, 6.07) is 15.4. The summed E-state index contributed by atoms with van der Waals surface area (Å²) in [7, 11) is -3.35. The number of carbonyl (C=O) groups is 1. The predicted octanol–water partition coefficient (Wildman–Crippen LogP) is 1.13. The van der Waals surface area contributed by atoms with Gasteiger partial charge in [0.1, 0.15) is 12.1 Å². The van der Waals surface area contributed by atoms with Gasteiger partial charge in [0.2, 0.25) is 5.91 Å². The van der Waals surface area contributed by atoms with Crippen LogP contribution < -0.4 is 5.56 Å². The van der Waals surface area contributed by atoms with Crippen molar-refractivity contribution in [1.82, 2.24) is 19.9 Å². The molecule has 4 rings (SSSR count). The van der Waals surface area contributed by atoms with Crippen molar-refractivity contribution < 1.29 is 13.2 Å². The van der Waals surface area contributed by atoms with E-state index in [1.54, 1.807) is 24.3 Å². The fourth-order valence-corrected chi connectivity index (χ4v) is 4.57. The normalized spacial score (nSPS) is 17.4. The van der Waals surface area contributed by atoms with E-state index in [9.17, 15) is 18.0 Å². The molecule has 9 heteroatoms. The maximum atomic E-state index is 13.1. The molecular formula is C20H18N4O4S. The van der Waals surface area contributed by atoms with Gasteiger partial charge in [0.05, 0.1) is 17.2 Å². The average molecular weight is 410 g/mol. The van der Waals surface area contributed by atoms with E-state index < -0.39 is 27.3 Å². The molecule has 2 heterocycles. The largest absolute Gasteiger partial charge is 0.329 e. The lowest BCUT2D eigenvalue weighted by atomic mass is 10.1. The first kappa shape index (κ1) is 19.0. The van der Waals surface area contributed by atoms with Crippen molar-refractivity contribution in [3.8, 4) is 0 Å². The Balaban J connectivity index is 1.64. The zero-order chi connectivity index (χ0) is 20.4. The van der Waals surface area contributed by atoms with Crippen LogP contribution in [0.2, 0.25) is 0 Å². The van der Waals surface area contributed by atoms with Gasteiger partial charge in [-0.1, -0.05) is 47.7 Å². The van der Waals surface area contributed by atoms with Crippen LogP contribution in [-0.2, 0) is 27.7 Å². The Labute approximate surface area is 167 Å². The highest BCUT2D eigenvalue weighted by Crippen LogP contribution is 2.18. The molecule has 0 fully saturated rings. The van der Waals surface area contributed by atoms with Crippen LogP contribution in [-0.4, -0.2) is 46.0 Å². The number of fused-ring (bicyclic) bond motifs is 1. The first-order valence-corrected chi connectivity index (χ1v) is 10.7. The molecule has 1 amide bonds. The number of carbonyl (C=O) groups excluding carboxylic acids is 1. The Morgan fingerprint density at radius 1 is 1.10 bits per heavy atom. The van der Waals surface area contributed by atoms with Crippen molar-refractivity contribution in [3.63, 3.8) is 0 Å². The Morgan fingerprint density at radius 2 is 1.83 bits per heavy atom. The van der Waals surface area contributed by atoms with Crippen molar-refractivity contribution in [2.75, 3.05) is 5.75 Å². The summed E-state index contributed by atoms with van der Waals surface area (Å²) in [5, 5.41) is 9.35. The summed E-state index contributed by atoms with van der Waals surface area (Å²) >= 11 is 0. The number of amides is 1. The number of sulfone groups is 1. The first-order valence-electron chi connectivity index (χ1n) is 9.00. The Morgan fingerprint density at radius 3 is 2.55 bits per heavy atom. The SMILES string of the molecule is O=C(Cn1nnc2ccccc2c1=O)N(Cc1ccccc1)[C@@H]1C=CS(=O)(=O)C1. The van der Waals surface area contributed by atoms with Crippen LogP contribution in [0, 0.1) is 0 Å². The van der Waals surface area contributed by atoms with Crippen molar-refractivity contribution in [2.45, 2.75) is 19.1 Å².